The maximum atomic E-state index is 12.2. The van der Waals surface area contributed by atoms with Gasteiger partial charge in [-0.25, -0.2) is 0 Å². The summed E-state index contributed by atoms with van der Waals surface area (Å²) in [5.41, 5.74) is 2.79. The number of nitrogens with one attached hydrogen (secondary N) is 1. The minimum absolute atomic E-state index is 0.125. The molecular formula is C15H14BrNO2. The van der Waals surface area contributed by atoms with Crippen molar-refractivity contribution >= 4 is 27.5 Å². The van der Waals surface area contributed by atoms with Gasteiger partial charge < -0.3 is 10.4 Å². The number of aromatic hydroxyl groups is 1. The molecule has 0 saturated carbocycles. The summed E-state index contributed by atoms with van der Waals surface area (Å²) >= 11 is 3.38. The van der Waals surface area contributed by atoms with Crippen LogP contribution < -0.4 is 5.32 Å². The number of aryl methyl sites for hydroxylation is 1. The summed E-state index contributed by atoms with van der Waals surface area (Å²) in [6.45, 7) is 3.65. The molecule has 0 fully saturated rings. The van der Waals surface area contributed by atoms with E-state index in [0.29, 0.717) is 11.1 Å². The Bertz CT molecular complexity index is 638. The molecule has 0 spiro atoms. The molecule has 3 nitrogen and oxygen atoms in total. The summed E-state index contributed by atoms with van der Waals surface area (Å²) in [6, 6.07) is 10.6. The fraction of sp³-hybridized carbons (Fsp3) is 0.133. The van der Waals surface area contributed by atoms with Gasteiger partial charge in [0.05, 0.1) is 0 Å². The average molecular weight is 320 g/mol. The molecule has 4 heteroatoms. The van der Waals surface area contributed by atoms with Crippen LogP contribution in [0.25, 0.3) is 0 Å². The molecule has 0 saturated heterocycles. The van der Waals surface area contributed by atoms with E-state index in [1.54, 1.807) is 25.1 Å². The van der Waals surface area contributed by atoms with Gasteiger partial charge in [-0.2, -0.15) is 0 Å². The fourth-order valence-corrected chi connectivity index (χ4v) is 2.30. The van der Waals surface area contributed by atoms with Gasteiger partial charge in [0.15, 0.2) is 0 Å². The second-order valence-corrected chi connectivity index (χ2v) is 5.28. The first-order chi connectivity index (χ1) is 8.99. The standard InChI is InChI=1S/C15H14BrNO2/c1-9-8-11(16)6-7-13(9)17-15(19)12-4-3-5-14(18)10(12)2/h3-8,18H,1-2H3,(H,17,19). The molecule has 0 aliphatic carbocycles. The van der Waals surface area contributed by atoms with Gasteiger partial charge in [-0.05, 0) is 49.7 Å². The summed E-state index contributed by atoms with van der Waals surface area (Å²) in [6.07, 6.45) is 0. The van der Waals surface area contributed by atoms with Crippen LogP contribution in [0.2, 0.25) is 0 Å². The number of halogens is 1. The summed E-state index contributed by atoms with van der Waals surface area (Å²) < 4.78 is 0.969. The first-order valence-corrected chi connectivity index (χ1v) is 6.64. The van der Waals surface area contributed by atoms with Crippen LogP contribution in [-0.4, -0.2) is 11.0 Å². The number of hydrogen-bond donors (Lipinski definition) is 2. The van der Waals surface area contributed by atoms with Crippen LogP contribution >= 0.6 is 15.9 Å². The number of phenolic OH excluding ortho intramolecular Hbond substituents is 1. The average Bonchev–Trinajstić information content (AvgIpc) is 2.36. The molecule has 0 aliphatic rings. The zero-order valence-corrected chi connectivity index (χ0v) is 12.3. The minimum atomic E-state index is -0.223. The highest BCUT2D eigenvalue weighted by molar-refractivity contribution is 9.10. The molecule has 0 aromatic heterocycles. The van der Waals surface area contributed by atoms with Crippen molar-refractivity contribution in [2.75, 3.05) is 5.32 Å². The van der Waals surface area contributed by atoms with Gasteiger partial charge >= 0.3 is 0 Å². The van der Waals surface area contributed by atoms with Crippen LogP contribution in [0.4, 0.5) is 5.69 Å². The largest absolute Gasteiger partial charge is 0.508 e. The van der Waals surface area contributed by atoms with Crippen molar-refractivity contribution in [3.8, 4) is 5.75 Å². The quantitative estimate of drug-likeness (QED) is 0.878. The van der Waals surface area contributed by atoms with Crippen LogP contribution in [0.1, 0.15) is 21.5 Å². The molecule has 1 amide bonds. The Labute approximate surface area is 120 Å². The van der Waals surface area contributed by atoms with Crippen LogP contribution in [-0.2, 0) is 0 Å². The third kappa shape index (κ3) is 2.96. The lowest BCUT2D eigenvalue weighted by Gasteiger charge is -2.11. The number of benzene rings is 2. The zero-order valence-electron chi connectivity index (χ0n) is 10.7. The lowest BCUT2D eigenvalue weighted by atomic mass is 10.1. The molecule has 2 rings (SSSR count). The SMILES string of the molecule is Cc1cc(Br)ccc1NC(=O)c1cccc(O)c1C. The second kappa shape index (κ2) is 5.45. The van der Waals surface area contributed by atoms with Gasteiger partial charge in [0.2, 0.25) is 0 Å². The molecule has 2 aromatic rings. The first kappa shape index (κ1) is 13.6. The highest BCUT2D eigenvalue weighted by Crippen LogP contribution is 2.23. The van der Waals surface area contributed by atoms with E-state index in [0.717, 1.165) is 15.7 Å². The van der Waals surface area contributed by atoms with Crippen LogP contribution in [0.3, 0.4) is 0 Å². The number of phenols is 1. The van der Waals surface area contributed by atoms with Crippen molar-refractivity contribution in [1.29, 1.82) is 0 Å². The van der Waals surface area contributed by atoms with Crippen LogP contribution in [0.15, 0.2) is 40.9 Å². The molecule has 0 aliphatic heterocycles. The highest BCUT2D eigenvalue weighted by Gasteiger charge is 2.12. The van der Waals surface area contributed by atoms with Crippen molar-refractivity contribution in [1.82, 2.24) is 0 Å². The number of carbonyl (C=O) groups is 1. The van der Waals surface area contributed by atoms with E-state index in [4.69, 9.17) is 0 Å². The van der Waals surface area contributed by atoms with E-state index >= 15 is 0 Å². The van der Waals surface area contributed by atoms with Gasteiger partial charge in [0, 0.05) is 21.3 Å². The van der Waals surface area contributed by atoms with E-state index in [1.807, 2.05) is 25.1 Å². The molecule has 0 radical (unpaired) electrons. The predicted octanol–water partition coefficient (Wildman–Crippen LogP) is 4.02. The molecule has 0 unspecified atom stereocenters. The zero-order chi connectivity index (χ0) is 14.0. The van der Waals surface area contributed by atoms with Gasteiger partial charge in [-0.1, -0.05) is 22.0 Å². The number of hydrogen-bond acceptors (Lipinski definition) is 2. The Balaban J connectivity index is 2.28. The topological polar surface area (TPSA) is 49.3 Å². The normalized spacial score (nSPS) is 10.3. The molecule has 2 aromatic carbocycles. The fourth-order valence-electron chi connectivity index (χ4n) is 1.83. The Morgan fingerprint density at radius 3 is 2.63 bits per heavy atom. The van der Waals surface area contributed by atoms with Crippen LogP contribution in [0.5, 0.6) is 5.75 Å². The molecule has 0 heterocycles. The molecular weight excluding hydrogens is 306 g/mol. The smallest absolute Gasteiger partial charge is 0.256 e. The maximum absolute atomic E-state index is 12.2. The number of carbonyl (C=O) groups excluding carboxylic acids is 1. The van der Waals surface area contributed by atoms with E-state index in [2.05, 4.69) is 21.2 Å². The van der Waals surface area contributed by atoms with Gasteiger partial charge in [-0.3, -0.25) is 4.79 Å². The van der Waals surface area contributed by atoms with Crippen molar-refractivity contribution in [2.24, 2.45) is 0 Å². The van der Waals surface area contributed by atoms with Gasteiger partial charge in [0.1, 0.15) is 5.75 Å². The van der Waals surface area contributed by atoms with Crippen molar-refractivity contribution in [3.63, 3.8) is 0 Å². The van der Waals surface area contributed by atoms with Gasteiger partial charge in [0.25, 0.3) is 5.91 Å². The lowest BCUT2D eigenvalue weighted by molar-refractivity contribution is 0.102. The monoisotopic (exact) mass is 319 g/mol. The van der Waals surface area contributed by atoms with E-state index < -0.39 is 0 Å². The van der Waals surface area contributed by atoms with Gasteiger partial charge in [-0.15, -0.1) is 0 Å². The molecule has 98 valence electrons. The summed E-state index contributed by atoms with van der Waals surface area (Å²) in [5, 5.41) is 12.5. The summed E-state index contributed by atoms with van der Waals surface area (Å²) in [7, 11) is 0. The molecule has 0 bridgehead atoms. The van der Waals surface area contributed by atoms with Crippen LogP contribution in [0, 0.1) is 13.8 Å². The first-order valence-electron chi connectivity index (χ1n) is 5.85. The Hall–Kier alpha value is -1.81. The Morgan fingerprint density at radius 1 is 1.21 bits per heavy atom. The maximum Gasteiger partial charge on any atom is 0.256 e. The van der Waals surface area contributed by atoms with E-state index in [9.17, 15) is 9.90 Å². The summed E-state index contributed by atoms with van der Waals surface area (Å²) in [4.78, 5) is 12.2. The lowest BCUT2D eigenvalue weighted by Crippen LogP contribution is -2.14. The highest BCUT2D eigenvalue weighted by atomic mass is 79.9. The minimum Gasteiger partial charge on any atom is -0.508 e. The van der Waals surface area contributed by atoms with E-state index in [1.165, 1.54) is 0 Å². The predicted molar refractivity (Wildman–Crippen MR) is 79.7 cm³/mol. The van der Waals surface area contributed by atoms with Crippen molar-refractivity contribution in [3.05, 3.63) is 57.6 Å². The third-order valence-electron chi connectivity index (χ3n) is 2.99. The Morgan fingerprint density at radius 2 is 1.95 bits per heavy atom. The Kier molecular flexibility index (Phi) is 3.90. The number of anilines is 1. The van der Waals surface area contributed by atoms with Crippen molar-refractivity contribution < 1.29 is 9.90 Å². The molecule has 0 atom stereocenters. The number of rotatable bonds is 2. The third-order valence-corrected chi connectivity index (χ3v) is 3.48. The van der Waals surface area contributed by atoms with Crippen molar-refractivity contribution in [2.45, 2.75) is 13.8 Å². The second-order valence-electron chi connectivity index (χ2n) is 4.36. The number of amides is 1. The summed E-state index contributed by atoms with van der Waals surface area (Å²) in [5.74, 6) is -0.0981. The molecule has 19 heavy (non-hydrogen) atoms. The van der Waals surface area contributed by atoms with E-state index in [-0.39, 0.29) is 11.7 Å². The molecule has 2 N–H and O–H groups in total.